The summed E-state index contributed by atoms with van der Waals surface area (Å²) in [6.07, 6.45) is 4.30. The van der Waals surface area contributed by atoms with Crippen LogP contribution in [0.1, 0.15) is 44.3 Å². The average molecular weight is 344 g/mol. The van der Waals surface area contributed by atoms with Gasteiger partial charge in [0.25, 0.3) is 0 Å². The van der Waals surface area contributed by atoms with Gasteiger partial charge in [0.2, 0.25) is 5.91 Å². The van der Waals surface area contributed by atoms with Crippen molar-refractivity contribution in [1.29, 1.82) is 5.26 Å². The average Bonchev–Trinajstić information content (AvgIpc) is 3.35. The van der Waals surface area contributed by atoms with Crippen LogP contribution in [0, 0.1) is 37.0 Å². The zero-order valence-corrected chi connectivity index (χ0v) is 15.5. The molecule has 1 aliphatic heterocycles. The largest absolute Gasteiger partial charge is 0.337 e. The number of aryl methyl sites for hydroxylation is 2. The molecule has 7 heteroatoms. The Morgan fingerprint density at radius 2 is 2.16 bits per heavy atom. The Morgan fingerprint density at radius 3 is 2.76 bits per heavy atom. The summed E-state index contributed by atoms with van der Waals surface area (Å²) in [4.78, 5) is 19.0. The molecule has 1 aromatic rings. The van der Waals surface area contributed by atoms with Crippen molar-refractivity contribution in [2.45, 2.75) is 58.5 Å². The second-order valence-electron chi connectivity index (χ2n) is 7.77. The van der Waals surface area contributed by atoms with Crippen LogP contribution < -0.4 is 5.32 Å². The predicted molar refractivity (Wildman–Crippen MR) is 93.5 cm³/mol. The molecular formula is C18H28N6O. The van der Waals surface area contributed by atoms with Gasteiger partial charge in [-0.1, -0.05) is 0 Å². The van der Waals surface area contributed by atoms with Crippen molar-refractivity contribution >= 4 is 5.91 Å². The molecule has 1 aromatic heterocycles. The third-order valence-electron chi connectivity index (χ3n) is 5.39. The summed E-state index contributed by atoms with van der Waals surface area (Å²) in [6.45, 7) is 8.78. The molecule has 1 saturated carbocycles. The molecule has 136 valence electrons. The maximum Gasteiger partial charge on any atom is 0.235 e. The first-order chi connectivity index (χ1) is 11.9. The van der Waals surface area contributed by atoms with E-state index >= 15 is 0 Å². The Bertz CT molecular complexity index is 674. The van der Waals surface area contributed by atoms with Crippen LogP contribution in [0.25, 0.3) is 0 Å². The summed E-state index contributed by atoms with van der Waals surface area (Å²) in [5, 5.41) is 16.8. The highest BCUT2D eigenvalue weighted by atomic mass is 16.2. The lowest BCUT2D eigenvalue weighted by Gasteiger charge is -2.33. The van der Waals surface area contributed by atoms with Gasteiger partial charge in [0.1, 0.15) is 17.2 Å². The predicted octanol–water partition coefficient (Wildman–Crippen LogP) is 1.42. The summed E-state index contributed by atoms with van der Waals surface area (Å²) in [7, 11) is 0. The molecule has 0 unspecified atom stereocenters. The summed E-state index contributed by atoms with van der Waals surface area (Å²) in [5.41, 5.74) is -0.707. The smallest absolute Gasteiger partial charge is 0.235 e. The third kappa shape index (κ3) is 4.37. The summed E-state index contributed by atoms with van der Waals surface area (Å²) < 4.78 is 1.98. The van der Waals surface area contributed by atoms with Gasteiger partial charge in [0.05, 0.1) is 12.6 Å². The molecular weight excluding hydrogens is 316 g/mol. The molecule has 0 aromatic carbocycles. The Hall–Kier alpha value is -1.94. The highest BCUT2D eigenvalue weighted by Crippen LogP contribution is 2.39. The fraction of sp³-hybridized carbons (Fsp3) is 0.778. The van der Waals surface area contributed by atoms with Crippen molar-refractivity contribution in [1.82, 2.24) is 25.0 Å². The fourth-order valence-corrected chi connectivity index (χ4v) is 3.84. The van der Waals surface area contributed by atoms with E-state index in [-0.39, 0.29) is 5.91 Å². The van der Waals surface area contributed by atoms with E-state index in [1.165, 1.54) is 0 Å². The number of hydrogen-bond donors (Lipinski definition) is 1. The van der Waals surface area contributed by atoms with Crippen LogP contribution in [0.4, 0.5) is 0 Å². The monoisotopic (exact) mass is 344 g/mol. The van der Waals surface area contributed by atoms with Gasteiger partial charge >= 0.3 is 0 Å². The highest BCUT2D eigenvalue weighted by Gasteiger charge is 2.43. The number of nitriles is 1. The molecule has 2 fully saturated rings. The van der Waals surface area contributed by atoms with Gasteiger partial charge in [-0.05, 0) is 64.8 Å². The maximum atomic E-state index is 12.4. The van der Waals surface area contributed by atoms with E-state index in [1.807, 2.05) is 25.5 Å². The van der Waals surface area contributed by atoms with Crippen LogP contribution in [0.2, 0.25) is 0 Å². The molecule has 0 bridgehead atoms. The quantitative estimate of drug-likeness (QED) is 0.843. The van der Waals surface area contributed by atoms with Crippen LogP contribution in [0.5, 0.6) is 0 Å². The SMILES string of the molecule is Cc1nc(C)n(C[C@H]2CCCN(CC(=O)N[C@](C)(C#N)C3CC3)C2)n1. The zero-order chi connectivity index (χ0) is 18.0. The number of nitrogens with zero attached hydrogens (tertiary/aromatic N) is 5. The molecule has 1 saturated heterocycles. The molecule has 1 aliphatic carbocycles. The summed E-state index contributed by atoms with van der Waals surface area (Å²) >= 11 is 0. The molecule has 2 heterocycles. The normalized spacial score (nSPS) is 23.7. The number of rotatable bonds is 6. The Balaban J connectivity index is 1.52. The van der Waals surface area contributed by atoms with E-state index < -0.39 is 5.54 Å². The fourth-order valence-electron chi connectivity index (χ4n) is 3.84. The molecule has 2 aliphatic rings. The van der Waals surface area contributed by atoms with Crippen LogP contribution in [-0.2, 0) is 11.3 Å². The van der Waals surface area contributed by atoms with Gasteiger partial charge < -0.3 is 5.32 Å². The molecule has 3 rings (SSSR count). The number of piperidine rings is 1. The Morgan fingerprint density at radius 1 is 1.40 bits per heavy atom. The van der Waals surface area contributed by atoms with E-state index in [0.717, 1.165) is 57.0 Å². The number of hydrogen-bond acceptors (Lipinski definition) is 5. The molecule has 0 spiro atoms. The molecule has 2 atom stereocenters. The van der Waals surface area contributed by atoms with E-state index in [2.05, 4.69) is 26.4 Å². The standard InChI is InChI=1S/C18H28N6O/c1-13-20-14(2)24(22-13)10-15-5-4-8-23(9-15)11-17(25)21-18(3,12-19)16-6-7-16/h15-16H,4-11H2,1-3H3,(H,21,25)/t15-,18+/m0/s1. The van der Waals surface area contributed by atoms with Crippen LogP contribution in [-0.4, -0.2) is 50.7 Å². The number of nitrogens with one attached hydrogen (secondary N) is 1. The van der Waals surface area contributed by atoms with Crippen molar-refractivity contribution in [2.24, 2.45) is 11.8 Å². The molecule has 7 nitrogen and oxygen atoms in total. The number of amides is 1. The number of carbonyl (C=O) groups is 1. The van der Waals surface area contributed by atoms with Gasteiger partial charge in [0, 0.05) is 13.1 Å². The lowest BCUT2D eigenvalue weighted by molar-refractivity contribution is -0.124. The first-order valence-corrected chi connectivity index (χ1v) is 9.22. The van der Waals surface area contributed by atoms with Gasteiger partial charge in [-0.2, -0.15) is 10.4 Å². The Kier molecular flexibility index (Phi) is 5.09. The number of carbonyl (C=O) groups excluding carboxylic acids is 1. The van der Waals surface area contributed by atoms with Crippen molar-refractivity contribution in [2.75, 3.05) is 19.6 Å². The first-order valence-electron chi connectivity index (χ1n) is 9.22. The van der Waals surface area contributed by atoms with Crippen molar-refractivity contribution in [3.8, 4) is 6.07 Å². The minimum absolute atomic E-state index is 0.0376. The summed E-state index contributed by atoms with van der Waals surface area (Å²) in [6, 6.07) is 2.29. The maximum absolute atomic E-state index is 12.4. The zero-order valence-electron chi connectivity index (χ0n) is 15.5. The van der Waals surface area contributed by atoms with E-state index in [4.69, 9.17) is 0 Å². The molecule has 25 heavy (non-hydrogen) atoms. The second-order valence-corrected chi connectivity index (χ2v) is 7.77. The topological polar surface area (TPSA) is 86.8 Å². The lowest BCUT2D eigenvalue weighted by atomic mass is 9.97. The van der Waals surface area contributed by atoms with Crippen LogP contribution in [0.3, 0.4) is 0 Å². The van der Waals surface area contributed by atoms with Gasteiger partial charge in [0.15, 0.2) is 0 Å². The molecule has 0 radical (unpaired) electrons. The van der Waals surface area contributed by atoms with Gasteiger partial charge in [-0.25, -0.2) is 9.67 Å². The van der Waals surface area contributed by atoms with E-state index in [1.54, 1.807) is 0 Å². The minimum Gasteiger partial charge on any atom is -0.337 e. The molecule has 1 N–H and O–H groups in total. The minimum atomic E-state index is -0.707. The van der Waals surface area contributed by atoms with Crippen molar-refractivity contribution in [3.63, 3.8) is 0 Å². The Labute approximate surface area is 149 Å². The van der Waals surface area contributed by atoms with Crippen LogP contribution in [0.15, 0.2) is 0 Å². The van der Waals surface area contributed by atoms with E-state index in [0.29, 0.717) is 18.4 Å². The molecule has 1 amide bonds. The first kappa shape index (κ1) is 17.9. The van der Waals surface area contributed by atoms with Crippen molar-refractivity contribution in [3.05, 3.63) is 11.6 Å². The van der Waals surface area contributed by atoms with Crippen LogP contribution >= 0.6 is 0 Å². The van der Waals surface area contributed by atoms with Gasteiger partial charge in [-0.3, -0.25) is 9.69 Å². The van der Waals surface area contributed by atoms with Crippen molar-refractivity contribution < 1.29 is 4.79 Å². The second kappa shape index (κ2) is 7.12. The van der Waals surface area contributed by atoms with E-state index in [9.17, 15) is 10.1 Å². The third-order valence-corrected chi connectivity index (χ3v) is 5.39. The highest BCUT2D eigenvalue weighted by molar-refractivity contribution is 5.79. The van der Waals surface area contributed by atoms with Gasteiger partial charge in [-0.15, -0.1) is 0 Å². The summed E-state index contributed by atoms with van der Waals surface area (Å²) in [5.74, 6) is 2.51. The number of likely N-dealkylation sites (tertiary alicyclic amines) is 1. The lowest BCUT2D eigenvalue weighted by Crippen LogP contribution is -2.51. The number of aromatic nitrogens is 3.